The van der Waals surface area contributed by atoms with Gasteiger partial charge in [0.2, 0.25) is 0 Å². The van der Waals surface area contributed by atoms with Gasteiger partial charge in [-0.3, -0.25) is 4.79 Å². The van der Waals surface area contributed by atoms with Crippen molar-refractivity contribution in [3.63, 3.8) is 0 Å². The summed E-state index contributed by atoms with van der Waals surface area (Å²) in [5.74, 6) is 0.0954. The van der Waals surface area contributed by atoms with Crippen LogP contribution in [0.25, 0.3) is 0 Å². The fourth-order valence-electron chi connectivity index (χ4n) is 2.10. The van der Waals surface area contributed by atoms with Gasteiger partial charge >= 0.3 is 0 Å². The molecule has 1 aromatic carbocycles. The summed E-state index contributed by atoms with van der Waals surface area (Å²) in [5.41, 5.74) is 2.64. The van der Waals surface area contributed by atoms with E-state index >= 15 is 0 Å². The Morgan fingerprint density at radius 2 is 2.27 bits per heavy atom. The first-order valence-corrected chi connectivity index (χ1v) is 5.46. The van der Waals surface area contributed by atoms with Crippen molar-refractivity contribution in [3.05, 3.63) is 35.4 Å². The van der Waals surface area contributed by atoms with Gasteiger partial charge in [0.05, 0.1) is 6.10 Å². The molecule has 0 N–H and O–H groups in total. The number of aryl methyl sites for hydroxylation is 1. The molecule has 0 saturated carbocycles. The highest BCUT2D eigenvalue weighted by Crippen LogP contribution is 2.31. The van der Waals surface area contributed by atoms with Crippen LogP contribution < -0.4 is 0 Å². The summed E-state index contributed by atoms with van der Waals surface area (Å²) in [7, 11) is 0. The number of hydrogen-bond acceptors (Lipinski definition) is 2. The molecule has 0 heterocycles. The largest absolute Gasteiger partial charge is 0.366 e. The molecule has 1 atom stereocenters. The molecule has 2 heteroatoms. The Morgan fingerprint density at radius 3 is 3.07 bits per heavy atom. The maximum absolute atomic E-state index is 10.9. The summed E-state index contributed by atoms with van der Waals surface area (Å²) < 4.78 is 5.62. The van der Waals surface area contributed by atoms with Crippen LogP contribution in [0.3, 0.4) is 0 Å². The predicted octanol–water partition coefficient (Wildman–Crippen LogP) is 2.67. The van der Waals surface area contributed by atoms with Crippen molar-refractivity contribution in [2.45, 2.75) is 32.3 Å². The fourth-order valence-corrected chi connectivity index (χ4v) is 2.10. The zero-order valence-electron chi connectivity index (χ0n) is 9.03. The minimum atomic E-state index is 0.0954. The van der Waals surface area contributed by atoms with Gasteiger partial charge in [-0.1, -0.05) is 24.3 Å². The van der Waals surface area contributed by atoms with Crippen molar-refractivity contribution in [1.29, 1.82) is 0 Å². The zero-order chi connectivity index (χ0) is 10.7. The molecular weight excluding hydrogens is 188 g/mol. The summed E-state index contributed by atoms with van der Waals surface area (Å²) in [6, 6.07) is 8.36. The van der Waals surface area contributed by atoms with E-state index in [0.29, 0.717) is 0 Å². The molecule has 15 heavy (non-hydrogen) atoms. The zero-order valence-corrected chi connectivity index (χ0v) is 9.03. The fraction of sp³-hybridized carbons (Fsp3) is 0.462. The number of carbonyl (C=O) groups excluding carboxylic acids is 1. The summed E-state index contributed by atoms with van der Waals surface area (Å²) in [6.07, 6.45) is 3.44. The van der Waals surface area contributed by atoms with Crippen LogP contribution in [0.15, 0.2) is 24.3 Å². The summed E-state index contributed by atoms with van der Waals surface area (Å²) in [5, 5.41) is 0. The predicted molar refractivity (Wildman–Crippen MR) is 58.8 cm³/mol. The third-order valence-corrected chi connectivity index (χ3v) is 2.80. The lowest BCUT2D eigenvalue weighted by atomic mass is 9.89. The lowest BCUT2D eigenvalue weighted by Crippen LogP contribution is -2.15. The van der Waals surface area contributed by atoms with Gasteiger partial charge in [0.15, 0.2) is 5.78 Å². The maximum Gasteiger partial charge on any atom is 0.155 e. The quantitative estimate of drug-likeness (QED) is 0.756. The third kappa shape index (κ3) is 2.45. The van der Waals surface area contributed by atoms with Crippen molar-refractivity contribution in [3.8, 4) is 0 Å². The Labute approximate surface area is 90.3 Å². The number of hydrogen-bond donors (Lipinski definition) is 0. The van der Waals surface area contributed by atoms with Gasteiger partial charge in [0, 0.05) is 0 Å². The number of rotatable bonds is 3. The summed E-state index contributed by atoms with van der Waals surface area (Å²) >= 11 is 0. The number of ether oxygens (including phenoxy) is 1. The summed E-state index contributed by atoms with van der Waals surface area (Å²) in [6.45, 7) is 1.80. The van der Waals surface area contributed by atoms with Crippen molar-refractivity contribution >= 4 is 5.78 Å². The Balaban J connectivity index is 2.11. The van der Waals surface area contributed by atoms with Gasteiger partial charge in [0.1, 0.15) is 6.61 Å². The topological polar surface area (TPSA) is 26.3 Å². The second-order valence-corrected chi connectivity index (χ2v) is 4.09. The monoisotopic (exact) mass is 204 g/mol. The molecule has 0 aliphatic heterocycles. The smallest absolute Gasteiger partial charge is 0.155 e. The highest BCUT2D eigenvalue weighted by atomic mass is 16.5. The van der Waals surface area contributed by atoms with Crippen molar-refractivity contribution in [2.24, 2.45) is 0 Å². The van der Waals surface area contributed by atoms with E-state index in [0.717, 1.165) is 19.3 Å². The second-order valence-electron chi connectivity index (χ2n) is 4.09. The third-order valence-electron chi connectivity index (χ3n) is 2.80. The van der Waals surface area contributed by atoms with Crippen LogP contribution in [0.5, 0.6) is 0 Å². The number of Topliss-reactive ketones (excluding diaryl/α,β-unsaturated/α-hetero) is 1. The van der Waals surface area contributed by atoms with E-state index < -0.39 is 0 Å². The van der Waals surface area contributed by atoms with Crippen LogP contribution in [-0.4, -0.2) is 12.4 Å². The van der Waals surface area contributed by atoms with Crippen LogP contribution in [0.4, 0.5) is 0 Å². The van der Waals surface area contributed by atoms with Gasteiger partial charge in [-0.25, -0.2) is 0 Å². The van der Waals surface area contributed by atoms with Crippen LogP contribution in [0.2, 0.25) is 0 Å². The Kier molecular flexibility index (Phi) is 3.17. The van der Waals surface area contributed by atoms with Gasteiger partial charge in [-0.2, -0.15) is 0 Å². The van der Waals surface area contributed by atoms with Crippen molar-refractivity contribution < 1.29 is 9.53 Å². The first kappa shape index (κ1) is 10.4. The minimum Gasteiger partial charge on any atom is -0.366 e. The van der Waals surface area contributed by atoms with Gasteiger partial charge in [0.25, 0.3) is 0 Å². The molecule has 0 amide bonds. The van der Waals surface area contributed by atoms with E-state index in [2.05, 4.69) is 18.2 Å². The average Bonchev–Trinajstić information content (AvgIpc) is 2.26. The molecular formula is C13H16O2. The highest BCUT2D eigenvalue weighted by Gasteiger charge is 2.20. The molecule has 80 valence electrons. The minimum absolute atomic E-state index is 0.0954. The van der Waals surface area contributed by atoms with Gasteiger partial charge in [-0.05, 0) is 37.3 Å². The van der Waals surface area contributed by atoms with E-state index in [1.54, 1.807) is 6.92 Å². The molecule has 0 saturated heterocycles. The van der Waals surface area contributed by atoms with E-state index in [9.17, 15) is 4.79 Å². The van der Waals surface area contributed by atoms with Crippen molar-refractivity contribution in [2.75, 3.05) is 6.61 Å². The lowest BCUT2D eigenvalue weighted by molar-refractivity contribution is -0.123. The first-order chi connectivity index (χ1) is 7.27. The number of benzene rings is 1. The molecule has 2 nitrogen and oxygen atoms in total. The molecule has 0 radical (unpaired) electrons. The van der Waals surface area contributed by atoms with E-state index in [1.807, 2.05) is 6.07 Å². The molecule has 1 aliphatic rings. The molecule has 0 bridgehead atoms. The van der Waals surface area contributed by atoms with Crippen LogP contribution >= 0.6 is 0 Å². The van der Waals surface area contributed by atoms with Crippen LogP contribution in [0.1, 0.15) is 37.0 Å². The molecule has 1 aliphatic carbocycles. The van der Waals surface area contributed by atoms with Crippen LogP contribution in [0, 0.1) is 0 Å². The standard InChI is InChI=1S/C13H16O2/c1-10(14)9-15-13-8-4-6-11-5-2-3-7-12(11)13/h2-3,5,7,13H,4,6,8-9H2,1H3/t13-/m0/s1. The van der Waals surface area contributed by atoms with E-state index in [-0.39, 0.29) is 18.5 Å². The highest BCUT2D eigenvalue weighted by molar-refractivity contribution is 5.76. The average molecular weight is 204 g/mol. The summed E-state index contributed by atoms with van der Waals surface area (Å²) in [4.78, 5) is 10.9. The van der Waals surface area contributed by atoms with E-state index in [1.165, 1.54) is 11.1 Å². The van der Waals surface area contributed by atoms with E-state index in [4.69, 9.17) is 4.74 Å². The number of fused-ring (bicyclic) bond motifs is 1. The Bertz CT molecular complexity index is 357. The van der Waals surface area contributed by atoms with Gasteiger partial charge < -0.3 is 4.74 Å². The molecule has 0 fully saturated rings. The SMILES string of the molecule is CC(=O)CO[C@H]1CCCc2ccccc21. The molecule has 0 unspecified atom stereocenters. The lowest BCUT2D eigenvalue weighted by Gasteiger charge is -2.25. The maximum atomic E-state index is 10.9. The van der Waals surface area contributed by atoms with Gasteiger partial charge in [-0.15, -0.1) is 0 Å². The molecule has 1 aromatic rings. The first-order valence-electron chi connectivity index (χ1n) is 5.46. The molecule has 0 spiro atoms. The number of carbonyl (C=O) groups is 1. The van der Waals surface area contributed by atoms with Crippen molar-refractivity contribution in [1.82, 2.24) is 0 Å². The number of ketones is 1. The molecule has 0 aromatic heterocycles. The Hall–Kier alpha value is -1.15. The molecule has 2 rings (SSSR count). The normalized spacial score (nSPS) is 19.7. The Morgan fingerprint density at radius 1 is 1.47 bits per heavy atom. The van der Waals surface area contributed by atoms with Crippen LogP contribution in [-0.2, 0) is 16.0 Å². The second kappa shape index (κ2) is 4.58.